The van der Waals surface area contributed by atoms with Crippen LogP contribution in [0.5, 0.6) is 0 Å². The molecule has 0 bridgehead atoms. The summed E-state index contributed by atoms with van der Waals surface area (Å²) in [5.74, 6) is -0.672. The Balaban J connectivity index is 1.84. The quantitative estimate of drug-likeness (QED) is 0.427. The van der Waals surface area contributed by atoms with Gasteiger partial charge < -0.3 is 19.7 Å². The average Bonchev–Trinajstić information content (AvgIpc) is 2.89. The molecule has 7 heteroatoms. The number of hydrogen-bond acceptors (Lipinski definition) is 5. The Kier molecular flexibility index (Phi) is 2.43. The number of aliphatic hydroxyl groups excluding tert-OH is 2. The van der Waals surface area contributed by atoms with Gasteiger partial charge in [0.05, 0.1) is 31.0 Å². The monoisotopic (exact) mass is 255 g/mol. The molecule has 0 aromatic rings. The number of fused-ring (bicyclic) bond motifs is 1. The minimum absolute atomic E-state index is 0.0131. The van der Waals surface area contributed by atoms with Crippen LogP contribution in [-0.2, 0) is 9.47 Å². The molecule has 3 fully saturated rings. The molecule has 2 saturated carbocycles. The highest BCUT2D eigenvalue weighted by Crippen LogP contribution is 2.67. The van der Waals surface area contributed by atoms with Crippen LogP contribution in [0.2, 0.25) is 0 Å². The second kappa shape index (κ2) is 3.59. The van der Waals surface area contributed by atoms with Gasteiger partial charge in [-0.05, 0) is 31.7 Å². The largest absolute Gasteiger partial charge is 0.390 e. The highest BCUT2D eigenvalue weighted by atomic mass is 16.7. The Morgan fingerprint density at radius 1 is 1.39 bits per heavy atom. The molecule has 1 saturated heterocycles. The molecule has 0 aromatic heterocycles. The van der Waals surface area contributed by atoms with Gasteiger partial charge in [-0.25, -0.2) is 0 Å². The van der Waals surface area contributed by atoms with Crippen molar-refractivity contribution in [2.75, 3.05) is 6.61 Å². The molecule has 3 aliphatic rings. The van der Waals surface area contributed by atoms with Crippen LogP contribution < -0.4 is 0 Å². The number of azide groups is 1. The van der Waals surface area contributed by atoms with Crippen molar-refractivity contribution in [1.29, 1.82) is 0 Å². The van der Waals surface area contributed by atoms with Crippen molar-refractivity contribution in [3.63, 3.8) is 0 Å². The summed E-state index contributed by atoms with van der Waals surface area (Å²) in [6.45, 7) is 4.05. The van der Waals surface area contributed by atoms with Gasteiger partial charge in [-0.15, -0.1) is 0 Å². The zero-order valence-electron chi connectivity index (χ0n) is 10.4. The van der Waals surface area contributed by atoms with Gasteiger partial charge >= 0.3 is 0 Å². The molecule has 7 nitrogen and oxygen atoms in total. The molecule has 2 aliphatic carbocycles. The molecule has 2 N–H and O–H groups in total. The lowest BCUT2D eigenvalue weighted by molar-refractivity contribution is -0.155. The Morgan fingerprint density at radius 3 is 2.67 bits per heavy atom. The number of nitrogens with zero attached hydrogens (tertiary/aromatic N) is 3. The van der Waals surface area contributed by atoms with Crippen LogP contribution in [0.4, 0.5) is 0 Å². The van der Waals surface area contributed by atoms with E-state index in [2.05, 4.69) is 10.0 Å². The SMILES string of the molecule is CC1(C)OC[C@H]([C@]23C[C@H]2[C@H](N=[N+]=[N-])[C@H](O)[C@H]3O)O1. The van der Waals surface area contributed by atoms with E-state index >= 15 is 0 Å². The molecule has 0 radical (unpaired) electrons. The van der Waals surface area contributed by atoms with E-state index in [1.54, 1.807) is 0 Å². The molecule has 3 rings (SSSR count). The van der Waals surface area contributed by atoms with Gasteiger partial charge in [0.15, 0.2) is 5.79 Å². The summed E-state index contributed by atoms with van der Waals surface area (Å²) in [4.78, 5) is 2.75. The number of hydrogen-bond donors (Lipinski definition) is 2. The van der Waals surface area contributed by atoms with Gasteiger partial charge in [0.1, 0.15) is 0 Å². The van der Waals surface area contributed by atoms with Crippen molar-refractivity contribution in [1.82, 2.24) is 0 Å². The number of ether oxygens (including phenoxy) is 2. The van der Waals surface area contributed by atoms with E-state index in [4.69, 9.17) is 15.0 Å². The Morgan fingerprint density at radius 2 is 2.11 bits per heavy atom. The average molecular weight is 255 g/mol. The lowest BCUT2D eigenvalue weighted by atomic mass is 9.93. The van der Waals surface area contributed by atoms with Crippen LogP contribution in [0.3, 0.4) is 0 Å². The minimum Gasteiger partial charge on any atom is -0.390 e. The third-order valence-corrected chi connectivity index (χ3v) is 4.53. The van der Waals surface area contributed by atoms with Crippen LogP contribution >= 0.6 is 0 Å². The molecule has 18 heavy (non-hydrogen) atoms. The second-order valence-electron chi connectivity index (χ2n) is 5.87. The molecule has 0 amide bonds. The van der Waals surface area contributed by atoms with E-state index < -0.39 is 29.5 Å². The second-order valence-corrected chi connectivity index (χ2v) is 5.87. The summed E-state index contributed by atoms with van der Waals surface area (Å²) in [5, 5.41) is 23.8. The van der Waals surface area contributed by atoms with Gasteiger partial charge in [0, 0.05) is 10.3 Å². The van der Waals surface area contributed by atoms with Crippen molar-refractivity contribution < 1.29 is 19.7 Å². The molecule has 0 unspecified atom stereocenters. The van der Waals surface area contributed by atoms with Crippen molar-refractivity contribution in [3.05, 3.63) is 10.4 Å². The first-order valence-corrected chi connectivity index (χ1v) is 6.14. The third kappa shape index (κ3) is 1.42. The van der Waals surface area contributed by atoms with Crippen LogP contribution in [-0.4, -0.2) is 47.0 Å². The van der Waals surface area contributed by atoms with Crippen LogP contribution in [0.25, 0.3) is 10.4 Å². The lowest BCUT2D eigenvalue weighted by Gasteiger charge is -2.27. The maximum absolute atomic E-state index is 10.2. The third-order valence-electron chi connectivity index (χ3n) is 4.53. The maximum atomic E-state index is 10.2. The van der Waals surface area contributed by atoms with Gasteiger partial charge in [0.25, 0.3) is 0 Å². The summed E-state index contributed by atoms with van der Waals surface area (Å²) in [5.41, 5.74) is 8.00. The first-order chi connectivity index (χ1) is 8.42. The first-order valence-electron chi connectivity index (χ1n) is 6.14. The van der Waals surface area contributed by atoms with Gasteiger partial charge in [-0.2, -0.15) is 0 Å². The predicted molar refractivity (Wildman–Crippen MR) is 60.4 cm³/mol. The summed E-state index contributed by atoms with van der Waals surface area (Å²) < 4.78 is 11.3. The fourth-order valence-corrected chi connectivity index (χ4v) is 3.56. The molecular formula is C11H17N3O4. The Labute approximate surface area is 104 Å². The molecule has 1 aliphatic heterocycles. The molecule has 100 valence electrons. The molecule has 0 spiro atoms. The van der Waals surface area contributed by atoms with E-state index in [0.29, 0.717) is 13.0 Å². The van der Waals surface area contributed by atoms with E-state index in [1.165, 1.54) is 0 Å². The van der Waals surface area contributed by atoms with Crippen molar-refractivity contribution in [3.8, 4) is 0 Å². The highest BCUT2D eigenvalue weighted by molar-refractivity contribution is 5.24. The van der Waals surface area contributed by atoms with Crippen molar-refractivity contribution in [2.24, 2.45) is 16.4 Å². The van der Waals surface area contributed by atoms with Crippen molar-refractivity contribution in [2.45, 2.75) is 50.4 Å². The summed E-state index contributed by atoms with van der Waals surface area (Å²) in [7, 11) is 0. The standard InChI is InChI=1S/C11H17N3O4/c1-10(2)17-4-6(18-10)11-3-5(11)7(13-14-12)8(15)9(11)16/h5-9,15-16H,3-4H2,1-2H3/t5-,6+,7-,8-,9+,11-/m0/s1. The van der Waals surface area contributed by atoms with Crippen LogP contribution in [0.1, 0.15) is 20.3 Å². The highest BCUT2D eigenvalue weighted by Gasteiger charge is 2.75. The van der Waals surface area contributed by atoms with E-state index in [0.717, 1.165) is 0 Å². The topological polar surface area (TPSA) is 108 Å². The Hall–Kier alpha value is -0.850. The number of aliphatic hydroxyl groups is 2. The smallest absolute Gasteiger partial charge is 0.163 e. The fourth-order valence-electron chi connectivity index (χ4n) is 3.56. The molecular weight excluding hydrogens is 238 g/mol. The lowest BCUT2D eigenvalue weighted by Crippen LogP contribution is -2.41. The van der Waals surface area contributed by atoms with Crippen LogP contribution in [0.15, 0.2) is 5.11 Å². The summed E-state index contributed by atoms with van der Waals surface area (Å²) in [6.07, 6.45) is -1.47. The van der Waals surface area contributed by atoms with E-state index in [9.17, 15) is 10.2 Å². The summed E-state index contributed by atoms with van der Waals surface area (Å²) in [6, 6.07) is -0.558. The Bertz CT molecular complexity index is 423. The molecule has 6 atom stereocenters. The zero-order chi connectivity index (χ0) is 13.1. The minimum atomic E-state index is -1.01. The first kappa shape index (κ1) is 12.2. The van der Waals surface area contributed by atoms with E-state index in [1.807, 2.05) is 13.8 Å². The van der Waals surface area contributed by atoms with Gasteiger partial charge in [-0.1, -0.05) is 5.11 Å². The number of rotatable bonds is 2. The van der Waals surface area contributed by atoms with Crippen molar-refractivity contribution >= 4 is 0 Å². The predicted octanol–water partition coefficient (Wildman–Crippen LogP) is 0.558. The van der Waals surface area contributed by atoms with E-state index in [-0.39, 0.29) is 12.0 Å². The van der Waals surface area contributed by atoms with Gasteiger partial charge in [0.2, 0.25) is 0 Å². The normalized spacial score (nSPS) is 52.8. The van der Waals surface area contributed by atoms with Gasteiger partial charge in [-0.3, -0.25) is 0 Å². The zero-order valence-corrected chi connectivity index (χ0v) is 10.4. The molecule has 1 heterocycles. The maximum Gasteiger partial charge on any atom is 0.163 e. The molecule has 0 aromatic carbocycles. The van der Waals surface area contributed by atoms with Crippen LogP contribution in [0, 0.1) is 11.3 Å². The summed E-state index contributed by atoms with van der Waals surface area (Å²) >= 11 is 0. The fraction of sp³-hybridized carbons (Fsp3) is 1.00.